The molecule has 0 saturated heterocycles. The fourth-order valence-corrected chi connectivity index (χ4v) is 4.95. The average Bonchev–Trinajstić information content (AvgIpc) is 3.73. The van der Waals surface area contributed by atoms with E-state index in [0.717, 1.165) is 10.1 Å². The van der Waals surface area contributed by atoms with E-state index in [1.54, 1.807) is 48.5 Å². The Balaban J connectivity index is 0.000000189. The first-order chi connectivity index (χ1) is 20.4. The van der Waals surface area contributed by atoms with Gasteiger partial charge >= 0.3 is 0 Å². The molecular weight excluding hydrogens is 575 g/mol. The molecule has 0 aliphatic carbocycles. The molecule has 42 heavy (non-hydrogen) atoms. The molecule has 0 amide bonds. The van der Waals surface area contributed by atoms with Crippen LogP contribution in [-0.2, 0) is 0 Å². The summed E-state index contributed by atoms with van der Waals surface area (Å²) in [7, 11) is 0. The third-order valence-electron chi connectivity index (χ3n) is 5.87. The summed E-state index contributed by atoms with van der Waals surface area (Å²) in [6.45, 7) is 0. The number of halogens is 2. The molecule has 0 saturated carbocycles. The second-order valence-corrected chi connectivity index (χ2v) is 10.6. The summed E-state index contributed by atoms with van der Waals surface area (Å²) >= 11 is 3.05. The highest BCUT2D eigenvalue weighted by Gasteiger charge is 2.11. The topological polar surface area (TPSA) is 52.6 Å². The van der Waals surface area contributed by atoms with Gasteiger partial charge in [0, 0.05) is 22.3 Å². The fraction of sp³-hybridized carbons (Fsp3) is 0. The van der Waals surface area contributed by atoms with Crippen LogP contribution in [-0.4, -0.2) is 11.6 Å². The van der Waals surface area contributed by atoms with Gasteiger partial charge in [-0.05, 0) is 132 Å². The number of ketones is 2. The van der Waals surface area contributed by atoms with E-state index in [1.165, 1.54) is 71.2 Å². The molecule has 0 aliphatic rings. The Kier molecular flexibility index (Phi) is 9.28. The maximum atomic E-state index is 12.6. The van der Waals surface area contributed by atoms with E-state index >= 15 is 0 Å². The molecule has 0 atom stereocenters. The van der Waals surface area contributed by atoms with E-state index in [2.05, 4.69) is 0 Å². The third kappa shape index (κ3) is 7.63. The normalized spacial score (nSPS) is 10.3. The number of carbonyl (C=O) groups excluding carboxylic acids is 2. The van der Waals surface area contributed by atoms with Crippen LogP contribution in [0.5, 0.6) is 21.6 Å². The lowest BCUT2D eigenvalue weighted by atomic mass is 10.0. The third-order valence-corrected chi connectivity index (χ3v) is 7.36. The summed E-state index contributed by atoms with van der Waals surface area (Å²) in [4.78, 5) is 24.4. The molecule has 208 valence electrons. The smallest absolute Gasteiger partial charge is 0.193 e. The number of thiophene rings is 2. The number of rotatable bonds is 8. The van der Waals surface area contributed by atoms with Gasteiger partial charge in [0.25, 0.3) is 0 Å². The van der Waals surface area contributed by atoms with Gasteiger partial charge in [0.15, 0.2) is 21.7 Å². The van der Waals surface area contributed by atoms with E-state index in [9.17, 15) is 18.4 Å². The molecule has 0 bridgehead atoms. The van der Waals surface area contributed by atoms with E-state index in [1.807, 2.05) is 35.0 Å². The lowest BCUT2D eigenvalue weighted by molar-refractivity contribution is 0.103. The molecule has 0 radical (unpaired) electrons. The number of carbonyl (C=O) groups is 2. The average molecular weight is 597 g/mol. The van der Waals surface area contributed by atoms with Gasteiger partial charge in [-0.15, -0.1) is 22.7 Å². The van der Waals surface area contributed by atoms with Gasteiger partial charge in [-0.1, -0.05) is 0 Å². The lowest BCUT2D eigenvalue weighted by Gasteiger charge is -2.06. The largest absolute Gasteiger partial charge is 0.447 e. The molecule has 4 nitrogen and oxygen atoms in total. The Hall–Kier alpha value is -4.92. The van der Waals surface area contributed by atoms with E-state index in [-0.39, 0.29) is 11.6 Å². The molecule has 0 fully saturated rings. The molecule has 0 unspecified atom stereocenters. The second kappa shape index (κ2) is 13.6. The van der Waals surface area contributed by atoms with Crippen LogP contribution >= 0.6 is 22.7 Å². The molecule has 0 spiro atoms. The monoisotopic (exact) mass is 596 g/mol. The van der Waals surface area contributed by atoms with Crippen molar-refractivity contribution in [1.82, 2.24) is 0 Å². The van der Waals surface area contributed by atoms with Gasteiger partial charge in [0.1, 0.15) is 23.1 Å². The molecule has 2 heterocycles. The molecule has 6 rings (SSSR count). The summed E-state index contributed by atoms with van der Waals surface area (Å²) in [5, 5.41) is 5.56. The first kappa shape index (κ1) is 28.6. The highest BCUT2D eigenvalue weighted by molar-refractivity contribution is 7.12. The Morgan fingerprint density at radius 2 is 0.762 bits per heavy atom. The van der Waals surface area contributed by atoms with Crippen LogP contribution in [0.2, 0.25) is 0 Å². The first-order valence-electron chi connectivity index (χ1n) is 12.7. The summed E-state index contributed by atoms with van der Waals surface area (Å²) in [6.07, 6.45) is 0. The van der Waals surface area contributed by atoms with Crippen molar-refractivity contribution in [2.24, 2.45) is 0 Å². The summed E-state index contributed by atoms with van der Waals surface area (Å²) < 4.78 is 36.7. The van der Waals surface area contributed by atoms with Gasteiger partial charge in [-0.2, -0.15) is 0 Å². The zero-order valence-corrected chi connectivity index (χ0v) is 23.5. The van der Waals surface area contributed by atoms with Gasteiger partial charge < -0.3 is 9.47 Å². The standard InChI is InChI=1S/C21H14O3S2.C13H8F2O/c22-21(15-5-9-17(10-6-15)23-19-3-1-13-25-19)16-7-11-18(12-8-16)24-20-4-2-14-26-20;14-11-5-1-9(2-6-11)13(16)10-3-7-12(15)8-4-10/h1-14H;1-8H. The van der Waals surface area contributed by atoms with Crippen molar-refractivity contribution in [3.05, 3.63) is 166 Å². The molecule has 2 aromatic heterocycles. The molecule has 6 aromatic rings. The molecular formula is C34H22F2O4S2. The van der Waals surface area contributed by atoms with Crippen molar-refractivity contribution < 1.29 is 27.8 Å². The molecule has 0 N–H and O–H groups in total. The summed E-state index contributed by atoms with van der Waals surface area (Å²) in [6, 6.07) is 32.5. The number of hydrogen-bond donors (Lipinski definition) is 0. The fourth-order valence-electron chi connectivity index (χ4n) is 3.76. The summed E-state index contributed by atoms with van der Waals surface area (Å²) in [5.74, 6) is 0.356. The zero-order chi connectivity index (χ0) is 29.3. The van der Waals surface area contributed by atoms with E-state index < -0.39 is 11.6 Å². The van der Waals surface area contributed by atoms with Crippen LogP contribution in [0.1, 0.15) is 31.8 Å². The Bertz CT molecular complexity index is 1600. The van der Waals surface area contributed by atoms with Crippen LogP contribution < -0.4 is 9.47 Å². The van der Waals surface area contributed by atoms with E-state index in [0.29, 0.717) is 33.8 Å². The number of benzene rings is 4. The zero-order valence-electron chi connectivity index (χ0n) is 21.9. The molecule has 0 aliphatic heterocycles. The van der Waals surface area contributed by atoms with Crippen molar-refractivity contribution in [3.63, 3.8) is 0 Å². The van der Waals surface area contributed by atoms with Gasteiger partial charge in [0.2, 0.25) is 0 Å². The molecule has 4 aromatic carbocycles. The van der Waals surface area contributed by atoms with Gasteiger partial charge in [-0.25, -0.2) is 8.78 Å². The van der Waals surface area contributed by atoms with Crippen molar-refractivity contribution in [3.8, 4) is 21.6 Å². The van der Waals surface area contributed by atoms with Crippen LogP contribution in [0.3, 0.4) is 0 Å². The van der Waals surface area contributed by atoms with Crippen molar-refractivity contribution in [2.75, 3.05) is 0 Å². The van der Waals surface area contributed by atoms with Crippen molar-refractivity contribution in [1.29, 1.82) is 0 Å². The minimum absolute atomic E-state index is 0.0321. The quantitative estimate of drug-likeness (QED) is 0.164. The maximum Gasteiger partial charge on any atom is 0.193 e. The predicted molar refractivity (Wildman–Crippen MR) is 161 cm³/mol. The van der Waals surface area contributed by atoms with Crippen molar-refractivity contribution in [2.45, 2.75) is 0 Å². The highest BCUT2D eigenvalue weighted by atomic mass is 32.1. The minimum atomic E-state index is -0.393. The maximum absolute atomic E-state index is 12.6. The van der Waals surface area contributed by atoms with Gasteiger partial charge in [-0.3, -0.25) is 9.59 Å². The van der Waals surface area contributed by atoms with Crippen LogP contribution in [0, 0.1) is 11.6 Å². The van der Waals surface area contributed by atoms with E-state index in [4.69, 9.17) is 9.47 Å². The Morgan fingerprint density at radius 1 is 0.452 bits per heavy atom. The van der Waals surface area contributed by atoms with Crippen molar-refractivity contribution >= 4 is 34.2 Å². The van der Waals surface area contributed by atoms with Crippen LogP contribution in [0.25, 0.3) is 0 Å². The Morgan fingerprint density at radius 3 is 1.05 bits per heavy atom. The number of hydrogen-bond acceptors (Lipinski definition) is 6. The van der Waals surface area contributed by atoms with Crippen LogP contribution in [0.15, 0.2) is 132 Å². The second-order valence-electron chi connectivity index (χ2n) is 8.79. The summed E-state index contributed by atoms with van der Waals surface area (Å²) in [5.41, 5.74) is 2.01. The highest BCUT2D eigenvalue weighted by Crippen LogP contribution is 2.28. The predicted octanol–water partition coefficient (Wildman–Crippen LogP) is 9.82. The number of ether oxygens (including phenoxy) is 2. The Labute approximate surface area is 249 Å². The minimum Gasteiger partial charge on any atom is -0.447 e. The molecule has 8 heteroatoms. The first-order valence-corrected chi connectivity index (χ1v) is 14.4. The van der Waals surface area contributed by atoms with Gasteiger partial charge in [0.05, 0.1) is 0 Å². The SMILES string of the molecule is O=C(c1ccc(F)cc1)c1ccc(F)cc1.O=C(c1ccc(Oc2cccs2)cc1)c1ccc(Oc2cccs2)cc1. The van der Waals surface area contributed by atoms with Crippen LogP contribution in [0.4, 0.5) is 8.78 Å². The lowest BCUT2D eigenvalue weighted by Crippen LogP contribution is -2.01.